The van der Waals surface area contributed by atoms with Crippen molar-refractivity contribution < 1.29 is 9.47 Å². The molecule has 0 aromatic heterocycles. The summed E-state index contributed by atoms with van der Waals surface area (Å²) in [7, 11) is 3.39. The minimum Gasteiger partial charge on any atom is -0.497 e. The summed E-state index contributed by atoms with van der Waals surface area (Å²) in [6.45, 7) is 5.66. The zero-order valence-electron chi connectivity index (χ0n) is 15.4. The lowest BCUT2D eigenvalue weighted by Gasteiger charge is -2.35. The van der Waals surface area contributed by atoms with Crippen LogP contribution in [0.25, 0.3) is 0 Å². The van der Waals surface area contributed by atoms with Crippen LogP contribution in [0.1, 0.15) is 16.7 Å². The molecule has 1 aliphatic heterocycles. The van der Waals surface area contributed by atoms with Crippen LogP contribution in [0, 0.1) is 11.3 Å². The first-order valence-electron chi connectivity index (χ1n) is 8.87. The van der Waals surface area contributed by atoms with Crippen molar-refractivity contribution in [2.24, 2.45) is 0 Å². The fourth-order valence-electron chi connectivity index (χ4n) is 3.36. The number of rotatable bonds is 6. The molecule has 2 aromatic carbocycles. The minimum atomic E-state index is 0.774. The number of ether oxygens (including phenoxy) is 2. The van der Waals surface area contributed by atoms with Crippen molar-refractivity contribution in [3.8, 4) is 17.6 Å². The molecule has 26 heavy (non-hydrogen) atoms. The molecule has 0 aliphatic carbocycles. The lowest BCUT2D eigenvalue weighted by Crippen LogP contribution is -2.45. The van der Waals surface area contributed by atoms with Crippen LogP contribution in [0.15, 0.2) is 42.5 Å². The van der Waals surface area contributed by atoms with Crippen molar-refractivity contribution in [2.75, 3.05) is 40.4 Å². The van der Waals surface area contributed by atoms with Gasteiger partial charge in [0.1, 0.15) is 11.5 Å². The molecule has 1 saturated heterocycles. The highest BCUT2D eigenvalue weighted by Crippen LogP contribution is 2.25. The summed E-state index contributed by atoms with van der Waals surface area (Å²) in [5.74, 6) is 1.75. The van der Waals surface area contributed by atoms with Crippen molar-refractivity contribution in [1.82, 2.24) is 9.80 Å². The van der Waals surface area contributed by atoms with Gasteiger partial charge in [0.15, 0.2) is 0 Å². The second-order valence-electron chi connectivity index (χ2n) is 6.50. The third-order valence-electron chi connectivity index (χ3n) is 4.88. The average Bonchev–Trinajstić information content (AvgIpc) is 2.69. The van der Waals surface area contributed by atoms with Gasteiger partial charge in [0.2, 0.25) is 0 Å². The Balaban J connectivity index is 1.58. The third-order valence-corrected chi connectivity index (χ3v) is 4.88. The van der Waals surface area contributed by atoms with E-state index in [2.05, 4.69) is 15.9 Å². The minimum absolute atomic E-state index is 0.774. The molecule has 0 amide bonds. The highest BCUT2D eigenvalue weighted by molar-refractivity contribution is 5.40. The van der Waals surface area contributed by atoms with Gasteiger partial charge in [0, 0.05) is 44.8 Å². The van der Waals surface area contributed by atoms with Gasteiger partial charge in [-0.3, -0.25) is 9.80 Å². The molecule has 1 heterocycles. The fourth-order valence-corrected chi connectivity index (χ4v) is 3.36. The van der Waals surface area contributed by atoms with Gasteiger partial charge < -0.3 is 9.47 Å². The molecule has 0 saturated carbocycles. The lowest BCUT2D eigenvalue weighted by molar-refractivity contribution is 0.121. The maximum Gasteiger partial charge on any atom is 0.123 e. The normalized spacial score (nSPS) is 15.4. The highest BCUT2D eigenvalue weighted by Gasteiger charge is 2.19. The van der Waals surface area contributed by atoms with Gasteiger partial charge >= 0.3 is 0 Å². The van der Waals surface area contributed by atoms with E-state index in [9.17, 15) is 5.26 Å². The van der Waals surface area contributed by atoms with Gasteiger partial charge in [0.05, 0.1) is 25.9 Å². The molecule has 1 aliphatic rings. The molecule has 5 heteroatoms. The van der Waals surface area contributed by atoms with E-state index in [1.165, 1.54) is 0 Å². The van der Waals surface area contributed by atoms with Gasteiger partial charge in [-0.1, -0.05) is 18.2 Å². The first kappa shape index (κ1) is 18.2. The fraction of sp³-hybridized carbons (Fsp3) is 0.381. The predicted octanol–water partition coefficient (Wildman–Crippen LogP) is 2.89. The van der Waals surface area contributed by atoms with E-state index in [4.69, 9.17) is 9.47 Å². The predicted molar refractivity (Wildman–Crippen MR) is 101 cm³/mol. The van der Waals surface area contributed by atoms with Crippen LogP contribution in [0.3, 0.4) is 0 Å². The summed E-state index contributed by atoms with van der Waals surface area (Å²) in [5, 5.41) is 9.25. The summed E-state index contributed by atoms with van der Waals surface area (Å²) >= 11 is 0. The Bertz CT molecular complexity index is 777. The summed E-state index contributed by atoms with van der Waals surface area (Å²) in [6.07, 6.45) is 0. The Hall–Kier alpha value is -2.55. The van der Waals surface area contributed by atoms with Crippen molar-refractivity contribution in [2.45, 2.75) is 13.1 Å². The van der Waals surface area contributed by atoms with E-state index in [1.807, 2.05) is 42.5 Å². The van der Waals surface area contributed by atoms with Crippen molar-refractivity contribution >= 4 is 0 Å². The number of nitrogens with zero attached hydrogens (tertiary/aromatic N) is 3. The van der Waals surface area contributed by atoms with Crippen LogP contribution in [-0.4, -0.2) is 50.2 Å². The molecule has 0 atom stereocenters. The molecule has 136 valence electrons. The van der Waals surface area contributed by atoms with E-state index >= 15 is 0 Å². The molecule has 0 unspecified atom stereocenters. The van der Waals surface area contributed by atoms with E-state index in [0.29, 0.717) is 0 Å². The number of piperazine rings is 1. The standard InChI is InChI=1S/C21H25N3O2/c1-25-20-7-8-21(26-2)19(13-20)16-24-11-9-23(10-12-24)15-18-6-4-3-5-17(18)14-22/h3-8,13H,9-12,15-16H2,1-2H3. The number of methoxy groups -OCH3 is 2. The molecular weight excluding hydrogens is 326 g/mol. The van der Waals surface area contributed by atoms with Gasteiger partial charge in [-0.15, -0.1) is 0 Å². The smallest absolute Gasteiger partial charge is 0.123 e. The second kappa shape index (κ2) is 8.70. The van der Waals surface area contributed by atoms with Crippen LogP contribution in [0.4, 0.5) is 0 Å². The van der Waals surface area contributed by atoms with Crippen molar-refractivity contribution in [3.05, 3.63) is 59.2 Å². The second-order valence-corrected chi connectivity index (χ2v) is 6.50. The Morgan fingerprint density at radius 2 is 1.54 bits per heavy atom. The lowest BCUT2D eigenvalue weighted by atomic mass is 10.1. The summed E-state index contributed by atoms with van der Waals surface area (Å²) in [5.41, 5.74) is 3.03. The van der Waals surface area contributed by atoms with E-state index in [0.717, 1.165) is 67.5 Å². The number of hydrogen-bond donors (Lipinski definition) is 0. The quantitative estimate of drug-likeness (QED) is 0.801. The SMILES string of the molecule is COc1ccc(OC)c(CN2CCN(Cc3ccccc3C#N)CC2)c1. The Labute approximate surface area is 155 Å². The molecule has 0 N–H and O–H groups in total. The van der Waals surface area contributed by atoms with Crippen LogP contribution in [0.5, 0.6) is 11.5 Å². The van der Waals surface area contributed by atoms with E-state index in [1.54, 1.807) is 14.2 Å². The zero-order chi connectivity index (χ0) is 18.4. The first-order valence-corrected chi connectivity index (χ1v) is 8.87. The van der Waals surface area contributed by atoms with Crippen LogP contribution >= 0.6 is 0 Å². The molecule has 5 nitrogen and oxygen atoms in total. The largest absolute Gasteiger partial charge is 0.497 e. The van der Waals surface area contributed by atoms with E-state index < -0.39 is 0 Å². The Kier molecular flexibility index (Phi) is 6.11. The molecule has 0 bridgehead atoms. The van der Waals surface area contributed by atoms with Gasteiger partial charge in [0.25, 0.3) is 0 Å². The highest BCUT2D eigenvalue weighted by atomic mass is 16.5. The van der Waals surface area contributed by atoms with Gasteiger partial charge in [-0.05, 0) is 29.8 Å². The zero-order valence-corrected chi connectivity index (χ0v) is 15.4. The Morgan fingerprint density at radius 3 is 2.15 bits per heavy atom. The summed E-state index contributed by atoms with van der Waals surface area (Å²) in [6, 6.07) is 16.1. The molecule has 2 aromatic rings. The number of hydrogen-bond acceptors (Lipinski definition) is 5. The number of nitriles is 1. The summed E-state index contributed by atoms with van der Waals surface area (Å²) in [4.78, 5) is 4.85. The average molecular weight is 351 g/mol. The Morgan fingerprint density at radius 1 is 0.885 bits per heavy atom. The molecular formula is C21H25N3O2. The topological polar surface area (TPSA) is 48.7 Å². The van der Waals surface area contributed by atoms with Crippen LogP contribution in [0.2, 0.25) is 0 Å². The maximum absolute atomic E-state index is 9.25. The first-order chi connectivity index (χ1) is 12.7. The summed E-state index contributed by atoms with van der Waals surface area (Å²) < 4.78 is 10.8. The number of benzene rings is 2. The molecule has 1 fully saturated rings. The molecule has 0 radical (unpaired) electrons. The molecule has 0 spiro atoms. The van der Waals surface area contributed by atoms with Crippen LogP contribution in [-0.2, 0) is 13.1 Å². The third kappa shape index (κ3) is 4.34. The van der Waals surface area contributed by atoms with Crippen LogP contribution < -0.4 is 9.47 Å². The monoisotopic (exact) mass is 351 g/mol. The van der Waals surface area contributed by atoms with Gasteiger partial charge in [-0.25, -0.2) is 0 Å². The van der Waals surface area contributed by atoms with Crippen molar-refractivity contribution in [1.29, 1.82) is 5.26 Å². The molecule has 3 rings (SSSR count). The van der Waals surface area contributed by atoms with Gasteiger partial charge in [-0.2, -0.15) is 5.26 Å². The van der Waals surface area contributed by atoms with E-state index in [-0.39, 0.29) is 0 Å². The maximum atomic E-state index is 9.25. The van der Waals surface area contributed by atoms with Crippen molar-refractivity contribution in [3.63, 3.8) is 0 Å².